The van der Waals surface area contributed by atoms with Crippen molar-refractivity contribution < 1.29 is 13.9 Å². The Hall–Kier alpha value is -3.47. The first kappa shape index (κ1) is 20.8. The number of primary amides is 1. The van der Waals surface area contributed by atoms with E-state index >= 15 is 0 Å². The number of methoxy groups -OCH3 is 1. The number of carbonyl (C=O) groups excluding carboxylic acids is 1. The van der Waals surface area contributed by atoms with Crippen LogP contribution in [0.2, 0.25) is 0 Å². The van der Waals surface area contributed by atoms with Crippen molar-refractivity contribution in [1.29, 1.82) is 0 Å². The van der Waals surface area contributed by atoms with E-state index < -0.39 is 11.7 Å². The Balaban J connectivity index is 1.75. The minimum absolute atomic E-state index is 0.00519. The predicted molar refractivity (Wildman–Crippen MR) is 115 cm³/mol. The highest BCUT2D eigenvalue weighted by molar-refractivity contribution is 6.01. The van der Waals surface area contributed by atoms with Crippen LogP contribution in [0.4, 0.5) is 21.7 Å². The van der Waals surface area contributed by atoms with Crippen molar-refractivity contribution in [3.8, 4) is 5.88 Å². The molecule has 1 amide bonds. The zero-order valence-electron chi connectivity index (χ0n) is 17.5. The van der Waals surface area contributed by atoms with E-state index in [1.54, 1.807) is 17.9 Å². The van der Waals surface area contributed by atoms with Gasteiger partial charge in [-0.1, -0.05) is 0 Å². The lowest BCUT2D eigenvalue weighted by Gasteiger charge is -2.23. The molecule has 1 aliphatic rings. The Morgan fingerprint density at radius 2 is 2.10 bits per heavy atom. The van der Waals surface area contributed by atoms with E-state index in [1.807, 2.05) is 6.92 Å². The maximum atomic E-state index is 14.7. The van der Waals surface area contributed by atoms with Gasteiger partial charge in [0.25, 0.3) is 5.91 Å². The van der Waals surface area contributed by atoms with Crippen LogP contribution in [-0.2, 0) is 7.05 Å². The number of ether oxygens (including phenoxy) is 1. The summed E-state index contributed by atoms with van der Waals surface area (Å²) in [6.07, 6.45) is 5.22. The van der Waals surface area contributed by atoms with Gasteiger partial charge in [-0.15, -0.1) is 0 Å². The molecule has 0 spiro atoms. The van der Waals surface area contributed by atoms with Gasteiger partial charge in [-0.3, -0.25) is 9.48 Å². The Morgan fingerprint density at radius 1 is 1.35 bits per heavy atom. The van der Waals surface area contributed by atoms with Crippen molar-refractivity contribution >= 4 is 34.1 Å². The fraction of sp³-hybridized carbons (Fsp3) is 0.400. The summed E-state index contributed by atoms with van der Waals surface area (Å²) in [4.78, 5) is 20.6. The van der Waals surface area contributed by atoms with Crippen LogP contribution in [0, 0.1) is 11.7 Å². The molecule has 0 aromatic carbocycles. The molecule has 3 aromatic rings. The molecule has 11 heteroatoms. The first-order chi connectivity index (χ1) is 14.8. The number of pyridine rings is 2. The minimum Gasteiger partial charge on any atom is -0.479 e. The van der Waals surface area contributed by atoms with Gasteiger partial charge in [-0.05, 0) is 31.7 Å². The van der Waals surface area contributed by atoms with Gasteiger partial charge in [0.1, 0.15) is 11.3 Å². The van der Waals surface area contributed by atoms with Crippen LogP contribution in [0.15, 0.2) is 18.5 Å². The Labute approximate surface area is 178 Å². The molecule has 1 fully saturated rings. The highest BCUT2D eigenvalue weighted by Crippen LogP contribution is 2.36. The average molecular weight is 428 g/mol. The summed E-state index contributed by atoms with van der Waals surface area (Å²) >= 11 is 0. The summed E-state index contributed by atoms with van der Waals surface area (Å²) in [5.74, 6) is -0.609. The number of fused-ring (bicyclic) bond motifs is 1. The fourth-order valence-electron chi connectivity index (χ4n) is 3.68. The number of aromatic nitrogens is 4. The van der Waals surface area contributed by atoms with E-state index in [9.17, 15) is 9.18 Å². The maximum absolute atomic E-state index is 14.7. The van der Waals surface area contributed by atoms with Crippen LogP contribution in [-0.4, -0.2) is 44.8 Å². The number of hydrogen-bond acceptors (Lipinski definition) is 8. The largest absolute Gasteiger partial charge is 0.479 e. The highest BCUT2D eigenvalue weighted by Gasteiger charge is 2.34. The van der Waals surface area contributed by atoms with Crippen molar-refractivity contribution in [1.82, 2.24) is 19.7 Å². The fourth-order valence-corrected chi connectivity index (χ4v) is 3.68. The van der Waals surface area contributed by atoms with Crippen LogP contribution in [0.25, 0.3) is 10.9 Å². The van der Waals surface area contributed by atoms with Crippen molar-refractivity contribution in [3.63, 3.8) is 0 Å². The summed E-state index contributed by atoms with van der Waals surface area (Å²) in [5.41, 5.74) is 12.6. The Kier molecular flexibility index (Phi) is 5.36. The molecule has 2 atom stereocenters. The second kappa shape index (κ2) is 7.99. The van der Waals surface area contributed by atoms with E-state index in [1.165, 1.54) is 13.3 Å². The highest BCUT2D eigenvalue weighted by atomic mass is 19.1. The molecule has 10 nitrogen and oxygen atoms in total. The zero-order valence-corrected chi connectivity index (χ0v) is 17.5. The third kappa shape index (κ3) is 3.96. The van der Waals surface area contributed by atoms with Crippen molar-refractivity contribution in [2.75, 3.05) is 17.7 Å². The smallest absolute Gasteiger partial charge is 0.252 e. The van der Waals surface area contributed by atoms with Gasteiger partial charge in [-0.25, -0.2) is 14.4 Å². The third-order valence-electron chi connectivity index (χ3n) is 5.43. The van der Waals surface area contributed by atoms with Gasteiger partial charge in [0.15, 0.2) is 11.6 Å². The molecule has 31 heavy (non-hydrogen) atoms. The third-order valence-corrected chi connectivity index (χ3v) is 5.43. The van der Waals surface area contributed by atoms with Gasteiger partial charge in [0, 0.05) is 19.1 Å². The number of nitrogens with two attached hydrogens (primary N) is 2. The standard InChI is InChI=1S/C20H25FN8O2/c1-9(22)15(10-4-5-10)27-19-13(21)6-11(17(23)30)18(28-19)26-14-8-24-20(31-3)16-12(14)7-25-29(16)2/h6-10,15H,4-5,22H2,1-3H3,(H2,23,30)(H2,26,27,28)/t9-,15-/m0/s1. The molecule has 6 N–H and O–H groups in total. The van der Waals surface area contributed by atoms with E-state index in [0.717, 1.165) is 18.9 Å². The molecule has 0 unspecified atom stereocenters. The molecule has 3 heterocycles. The molecule has 0 bridgehead atoms. The number of nitrogens with zero attached hydrogens (tertiary/aromatic N) is 4. The summed E-state index contributed by atoms with van der Waals surface area (Å²) in [6, 6.07) is 0.756. The number of amides is 1. The summed E-state index contributed by atoms with van der Waals surface area (Å²) in [7, 11) is 3.27. The average Bonchev–Trinajstić information content (AvgIpc) is 3.49. The normalized spacial score (nSPS) is 15.5. The van der Waals surface area contributed by atoms with E-state index in [-0.39, 0.29) is 29.3 Å². The van der Waals surface area contributed by atoms with E-state index in [0.29, 0.717) is 28.4 Å². The first-order valence-corrected chi connectivity index (χ1v) is 9.94. The Bertz CT molecular complexity index is 1140. The molecule has 0 aliphatic heterocycles. The number of rotatable bonds is 8. The summed E-state index contributed by atoms with van der Waals surface area (Å²) in [6.45, 7) is 1.87. The van der Waals surface area contributed by atoms with Crippen LogP contribution < -0.4 is 26.8 Å². The van der Waals surface area contributed by atoms with Gasteiger partial charge in [0.05, 0.1) is 36.1 Å². The molecule has 0 radical (unpaired) electrons. The molecular formula is C20H25FN8O2. The topological polar surface area (TPSA) is 146 Å². The van der Waals surface area contributed by atoms with Gasteiger partial charge in [0.2, 0.25) is 5.88 Å². The van der Waals surface area contributed by atoms with Crippen LogP contribution in [0.5, 0.6) is 5.88 Å². The molecule has 4 rings (SSSR count). The second-order valence-electron chi connectivity index (χ2n) is 7.78. The van der Waals surface area contributed by atoms with Crippen molar-refractivity contribution in [3.05, 3.63) is 29.8 Å². The zero-order chi connectivity index (χ0) is 22.3. The van der Waals surface area contributed by atoms with Crippen molar-refractivity contribution in [2.24, 2.45) is 24.4 Å². The van der Waals surface area contributed by atoms with Crippen LogP contribution >= 0.6 is 0 Å². The molecular weight excluding hydrogens is 403 g/mol. The second-order valence-corrected chi connectivity index (χ2v) is 7.78. The van der Waals surface area contributed by atoms with Gasteiger partial charge in [-0.2, -0.15) is 5.10 Å². The molecule has 1 saturated carbocycles. The van der Waals surface area contributed by atoms with Gasteiger partial charge >= 0.3 is 0 Å². The molecule has 0 saturated heterocycles. The molecule has 3 aromatic heterocycles. The first-order valence-electron chi connectivity index (χ1n) is 9.94. The lowest BCUT2D eigenvalue weighted by molar-refractivity contribution is 0.100. The van der Waals surface area contributed by atoms with Gasteiger partial charge < -0.3 is 26.8 Å². The number of carbonyl (C=O) groups is 1. The monoisotopic (exact) mass is 428 g/mol. The maximum Gasteiger partial charge on any atom is 0.252 e. The van der Waals surface area contributed by atoms with Crippen LogP contribution in [0.3, 0.4) is 0 Å². The predicted octanol–water partition coefficient (Wildman–Crippen LogP) is 1.89. The lowest BCUT2D eigenvalue weighted by atomic mass is 10.1. The lowest BCUT2D eigenvalue weighted by Crippen LogP contribution is -2.40. The van der Waals surface area contributed by atoms with Crippen LogP contribution in [0.1, 0.15) is 30.1 Å². The Morgan fingerprint density at radius 3 is 2.71 bits per heavy atom. The quantitative estimate of drug-likeness (QED) is 0.425. The van der Waals surface area contributed by atoms with Crippen molar-refractivity contribution in [2.45, 2.75) is 31.8 Å². The summed E-state index contributed by atoms with van der Waals surface area (Å²) in [5, 5.41) is 11.1. The molecule has 164 valence electrons. The summed E-state index contributed by atoms with van der Waals surface area (Å²) < 4.78 is 21.7. The van der Waals surface area contributed by atoms with E-state index in [2.05, 4.69) is 25.7 Å². The van der Waals surface area contributed by atoms with E-state index in [4.69, 9.17) is 16.2 Å². The number of nitrogens with one attached hydrogen (secondary N) is 2. The number of aryl methyl sites for hydroxylation is 1. The minimum atomic E-state index is -0.810. The number of anilines is 3. The number of halogens is 1. The number of hydrogen-bond donors (Lipinski definition) is 4. The SMILES string of the molecule is COc1ncc(Nc2nc(N[C@H](C3CC3)[C@H](C)N)c(F)cc2C(N)=O)c2cnn(C)c12. The molecule has 1 aliphatic carbocycles.